The van der Waals surface area contributed by atoms with Gasteiger partial charge >= 0.3 is 0 Å². The number of nitrogens with two attached hydrogens (primary N) is 1. The molecular weight excluding hydrogens is 276 g/mol. The monoisotopic (exact) mass is 293 g/mol. The average molecular weight is 293 g/mol. The van der Waals surface area contributed by atoms with E-state index in [0.29, 0.717) is 18.7 Å². The summed E-state index contributed by atoms with van der Waals surface area (Å²) in [6, 6.07) is 9.55. The molecule has 1 unspecified atom stereocenters. The predicted molar refractivity (Wildman–Crippen MR) is 77.6 cm³/mol. The van der Waals surface area contributed by atoms with Crippen LogP contribution in [-0.2, 0) is 16.0 Å². The number of carbonyl (C=O) groups excluding carboxylic acids is 2. The van der Waals surface area contributed by atoms with Crippen molar-refractivity contribution in [2.45, 2.75) is 17.9 Å². The first-order chi connectivity index (χ1) is 9.59. The first-order valence-corrected chi connectivity index (χ1v) is 7.41. The SMILES string of the molecule is NC(=O)C1SCCN1C(=O)[C@H](O)[CH]Cc1ccccc1. The lowest BCUT2D eigenvalue weighted by atomic mass is 10.1. The molecular formula is C14H17N2O3S. The highest BCUT2D eigenvalue weighted by Gasteiger charge is 2.35. The number of primary amides is 1. The molecule has 1 saturated heterocycles. The van der Waals surface area contributed by atoms with Gasteiger partial charge in [0.15, 0.2) is 5.37 Å². The van der Waals surface area contributed by atoms with E-state index in [9.17, 15) is 14.7 Å². The summed E-state index contributed by atoms with van der Waals surface area (Å²) in [6.45, 7) is 0.438. The lowest BCUT2D eigenvalue weighted by Gasteiger charge is -2.23. The smallest absolute Gasteiger partial charge is 0.253 e. The maximum Gasteiger partial charge on any atom is 0.253 e. The van der Waals surface area contributed by atoms with E-state index in [0.717, 1.165) is 5.56 Å². The Hall–Kier alpha value is -1.53. The molecule has 6 heteroatoms. The first kappa shape index (κ1) is 14.9. The molecule has 5 nitrogen and oxygen atoms in total. The van der Waals surface area contributed by atoms with Gasteiger partial charge in [0, 0.05) is 18.7 Å². The predicted octanol–water partition coefficient (Wildman–Crippen LogP) is 0.181. The van der Waals surface area contributed by atoms with E-state index in [2.05, 4.69) is 0 Å². The van der Waals surface area contributed by atoms with Crippen molar-refractivity contribution in [2.24, 2.45) is 5.73 Å². The average Bonchev–Trinajstić information content (AvgIpc) is 2.94. The van der Waals surface area contributed by atoms with Crippen molar-refractivity contribution in [1.29, 1.82) is 0 Å². The Kier molecular flexibility index (Phi) is 5.03. The number of hydrogen-bond acceptors (Lipinski definition) is 4. The summed E-state index contributed by atoms with van der Waals surface area (Å²) < 4.78 is 0. The Labute approximate surface area is 122 Å². The second-order valence-electron chi connectivity index (χ2n) is 4.53. The van der Waals surface area contributed by atoms with Gasteiger partial charge in [-0.2, -0.15) is 0 Å². The van der Waals surface area contributed by atoms with Crippen molar-refractivity contribution in [1.82, 2.24) is 4.90 Å². The van der Waals surface area contributed by atoms with Gasteiger partial charge in [-0.25, -0.2) is 0 Å². The minimum atomic E-state index is -1.21. The van der Waals surface area contributed by atoms with Gasteiger partial charge in [-0.05, 0) is 12.0 Å². The van der Waals surface area contributed by atoms with E-state index in [1.165, 1.54) is 16.7 Å². The number of aliphatic hydroxyl groups excluding tert-OH is 1. The minimum absolute atomic E-state index is 0.438. The molecule has 1 fully saturated rings. The molecule has 1 radical (unpaired) electrons. The molecule has 0 saturated carbocycles. The van der Waals surface area contributed by atoms with Gasteiger partial charge in [-0.1, -0.05) is 30.3 Å². The van der Waals surface area contributed by atoms with E-state index in [1.807, 2.05) is 30.3 Å². The third-order valence-electron chi connectivity index (χ3n) is 3.09. The van der Waals surface area contributed by atoms with E-state index in [-0.39, 0.29) is 0 Å². The van der Waals surface area contributed by atoms with Crippen LogP contribution in [0.25, 0.3) is 0 Å². The minimum Gasteiger partial charge on any atom is -0.383 e. The molecule has 1 aromatic rings. The quantitative estimate of drug-likeness (QED) is 0.811. The fourth-order valence-electron chi connectivity index (χ4n) is 2.06. The van der Waals surface area contributed by atoms with Crippen molar-refractivity contribution < 1.29 is 14.7 Å². The number of aliphatic hydroxyl groups is 1. The zero-order valence-electron chi connectivity index (χ0n) is 10.9. The zero-order chi connectivity index (χ0) is 14.5. The van der Waals surface area contributed by atoms with E-state index in [1.54, 1.807) is 6.42 Å². The van der Waals surface area contributed by atoms with Gasteiger partial charge in [-0.15, -0.1) is 11.8 Å². The topological polar surface area (TPSA) is 83.6 Å². The summed E-state index contributed by atoms with van der Waals surface area (Å²) in [4.78, 5) is 24.7. The third kappa shape index (κ3) is 3.52. The fourth-order valence-corrected chi connectivity index (χ4v) is 3.14. The van der Waals surface area contributed by atoms with Crippen LogP contribution in [0.2, 0.25) is 0 Å². The Morgan fingerprint density at radius 1 is 1.45 bits per heavy atom. The molecule has 0 spiro atoms. The van der Waals surface area contributed by atoms with Crippen molar-refractivity contribution >= 4 is 23.6 Å². The Morgan fingerprint density at radius 2 is 2.15 bits per heavy atom. The molecule has 0 aliphatic carbocycles. The molecule has 1 aliphatic rings. The van der Waals surface area contributed by atoms with Crippen molar-refractivity contribution in [3.63, 3.8) is 0 Å². The summed E-state index contributed by atoms with van der Waals surface area (Å²) in [5, 5.41) is 9.27. The molecule has 0 bridgehead atoms. The van der Waals surface area contributed by atoms with Crippen LogP contribution in [0.15, 0.2) is 30.3 Å². The Balaban J connectivity index is 1.90. The highest BCUT2D eigenvalue weighted by molar-refractivity contribution is 8.00. The standard InChI is InChI=1S/C14H17N2O3S/c15-12(18)14-16(8-9-20-14)13(19)11(17)7-6-10-4-2-1-3-5-10/h1-5,7,11,14,17H,6,8-9H2,(H2,15,18)/t11-,14?/m1/s1. The molecule has 2 atom stereocenters. The number of nitrogens with zero attached hydrogens (tertiary/aromatic N) is 1. The molecule has 0 aromatic heterocycles. The highest BCUT2D eigenvalue weighted by atomic mass is 32.2. The van der Waals surface area contributed by atoms with E-state index in [4.69, 9.17) is 5.73 Å². The van der Waals surface area contributed by atoms with E-state index >= 15 is 0 Å². The van der Waals surface area contributed by atoms with Crippen LogP contribution in [0.4, 0.5) is 0 Å². The van der Waals surface area contributed by atoms with Crippen LogP contribution in [0, 0.1) is 6.42 Å². The Morgan fingerprint density at radius 3 is 2.80 bits per heavy atom. The van der Waals surface area contributed by atoms with Gasteiger partial charge < -0.3 is 15.7 Å². The first-order valence-electron chi connectivity index (χ1n) is 6.36. The fraction of sp³-hybridized carbons (Fsp3) is 0.357. The number of benzene rings is 1. The van der Waals surface area contributed by atoms with Crippen LogP contribution in [0.5, 0.6) is 0 Å². The maximum absolute atomic E-state index is 12.1. The molecule has 20 heavy (non-hydrogen) atoms. The van der Waals surface area contributed by atoms with Gasteiger partial charge in [0.2, 0.25) is 0 Å². The summed E-state index contributed by atoms with van der Waals surface area (Å²) in [7, 11) is 0. The number of hydrogen-bond donors (Lipinski definition) is 2. The summed E-state index contributed by atoms with van der Waals surface area (Å²) in [5.74, 6) is -0.351. The second-order valence-corrected chi connectivity index (χ2v) is 5.72. The number of thioether (sulfide) groups is 1. The molecule has 1 aliphatic heterocycles. The van der Waals surface area contributed by atoms with Crippen LogP contribution < -0.4 is 5.73 Å². The molecule has 3 N–H and O–H groups in total. The van der Waals surface area contributed by atoms with Crippen LogP contribution in [-0.4, -0.2) is 45.6 Å². The van der Waals surface area contributed by atoms with Crippen molar-refractivity contribution in [2.75, 3.05) is 12.3 Å². The molecule has 2 rings (SSSR count). The third-order valence-corrected chi connectivity index (χ3v) is 4.31. The largest absolute Gasteiger partial charge is 0.383 e. The van der Waals surface area contributed by atoms with Gasteiger partial charge in [0.05, 0.1) is 0 Å². The number of amides is 2. The molecule has 107 valence electrons. The normalized spacial score (nSPS) is 19.9. The number of carbonyl (C=O) groups is 2. The lowest BCUT2D eigenvalue weighted by molar-refractivity contribution is -0.141. The van der Waals surface area contributed by atoms with Crippen LogP contribution >= 0.6 is 11.8 Å². The molecule has 1 heterocycles. The number of rotatable bonds is 5. The van der Waals surface area contributed by atoms with Crippen molar-refractivity contribution in [3.05, 3.63) is 42.3 Å². The van der Waals surface area contributed by atoms with Gasteiger partial charge in [-0.3, -0.25) is 9.59 Å². The van der Waals surface area contributed by atoms with Crippen LogP contribution in [0.1, 0.15) is 5.56 Å². The van der Waals surface area contributed by atoms with Crippen molar-refractivity contribution in [3.8, 4) is 0 Å². The van der Waals surface area contributed by atoms with Crippen LogP contribution in [0.3, 0.4) is 0 Å². The lowest BCUT2D eigenvalue weighted by Crippen LogP contribution is -2.47. The summed E-state index contributed by atoms with van der Waals surface area (Å²) in [6.07, 6.45) is 0.824. The van der Waals surface area contributed by atoms with E-state index < -0.39 is 23.3 Å². The maximum atomic E-state index is 12.1. The summed E-state index contributed by atoms with van der Waals surface area (Å²) >= 11 is 1.32. The Bertz CT molecular complexity index is 481. The highest BCUT2D eigenvalue weighted by Crippen LogP contribution is 2.24. The van der Waals surface area contributed by atoms with Gasteiger partial charge in [0.1, 0.15) is 6.10 Å². The summed E-state index contributed by atoms with van der Waals surface area (Å²) in [5.41, 5.74) is 6.26. The molecule has 1 aromatic carbocycles. The second kappa shape index (κ2) is 6.76. The zero-order valence-corrected chi connectivity index (χ0v) is 11.8. The molecule has 2 amide bonds. The van der Waals surface area contributed by atoms with Gasteiger partial charge in [0.25, 0.3) is 11.8 Å².